The maximum Gasteiger partial charge on any atom is 0.275 e. The molecule has 0 atom stereocenters. The monoisotopic (exact) mass is 368 g/mol. The van der Waals surface area contributed by atoms with Crippen LogP contribution in [0.15, 0.2) is 47.7 Å². The zero-order valence-electron chi connectivity index (χ0n) is 15.4. The molecule has 2 aromatic heterocycles. The Kier molecular flexibility index (Phi) is 5.20. The van der Waals surface area contributed by atoms with E-state index >= 15 is 0 Å². The first-order chi connectivity index (χ1) is 13.0. The van der Waals surface area contributed by atoms with Gasteiger partial charge >= 0.3 is 0 Å². The van der Waals surface area contributed by atoms with E-state index in [1.54, 1.807) is 53.1 Å². The largest absolute Gasteiger partial charge is 0.487 e. The number of nitrogen functional groups attached to an aromatic ring is 1. The highest BCUT2D eigenvalue weighted by Gasteiger charge is 2.18. The fourth-order valence-corrected chi connectivity index (χ4v) is 2.58. The van der Waals surface area contributed by atoms with Gasteiger partial charge in [-0.05, 0) is 24.3 Å². The highest BCUT2D eigenvalue weighted by Crippen LogP contribution is 2.22. The van der Waals surface area contributed by atoms with Gasteiger partial charge in [-0.25, -0.2) is 0 Å². The summed E-state index contributed by atoms with van der Waals surface area (Å²) in [5.41, 5.74) is 8.17. The van der Waals surface area contributed by atoms with Crippen LogP contribution in [0.3, 0.4) is 0 Å². The Bertz CT molecular complexity index is 987. The number of H-pyrrole nitrogens is 1. The zero-order valence-corrected chi connectivity index (χ0v) is 15.4. The Balaban J connectivity index is 1.78. The Labute approximate surface area is 156 Å². The molecule has 3 aromatic rings. The van der Waals surface area contributed by atoms with Crippen molar-refractivity contribution in [3.05, 3.63) is 54.0 Å². The Hall–Kier alpha value is -3.62. The Morgan fingerprint density at radius 3 is 2.85 bits per heavy atom. The van der Waals surface area contributed by atoms with Gasteiger partial charge in [0.05, 0.1) is 11.8 Å². The summed E-state index contributed by atoms with van der Waals surface area (Å²) in [6.07, 6.45) is 3.50. The third kappa shape index (κ3) is 4.14. The summed E-state index contributed by atoms with van der Waals surface area (Å²) in [6, 6.07) is 8.79. The molecule has 0 saturated heterocycles. The van der Waals surface area contributed by atoms with Crippen molar-refractivity contribution in [2.45, 2.75) is 6.61 Å². The summed E-state index contributed by atoms with van der Waals surface area (Å²) in [7, 11) is 5.22. The van der Waals surface area contributed by atoms with E-state index in [2.05, 4.69) is 20.5 Å². The number of benzene rings is 1. The van der Waals surface area contributed by atoms with Gasteiger partial charge in [0.25, 0.3) is 5.91 Å². The van der Waals surface area contributed by atoms with Gasteiger partial charge in [-0.1, -0.05) is 0 Å². The molecule has 3 rings (SSSR count). The topological polar surface area (TPSA) is 114 Å². The smallest absolute Gasteiger partial charge is 0.275 e. The molecule has 2 heterocycles. The average Bonchev–Trinajstić information content (AvgIpc) is 3.24. The fraction of sp³-hybridized carbons (Fsp3) is 0.222. The molecule has 1 aromatic carbocycles. The fourth-order valence-electron chi connectivity index (χ4n) is 2.58. The third-order valence-corrected chi connectivity index (χ3v) is 4.04. The van der Waals surface area contributed by atoms with Crippen LogP contribution in [0.1, 0.15) is 11.3 Å². The number of carbonyl (C=O) groups is 1. The number of aryl methyl sites for hydroxylation is 2. The van der Waals surface area contributed by atoms with Gasteiger partial charge in [0.2, 0.25) is 0 Å². The standard InChI is InChI=1S/C18H21N7O2/c1-20-17(18(26)22-16-7-9-24(2)23-16)14-10-13(4-5-15(14)19)27-11-12-6-8-21-25(12)3/h4-10H,11H2,1-3H3,(H3,19,20,22,23,26)/p+1. The minimum atomic E-state index is -0.365. The highest BCUT2D eigenvalue weighted by molar-refractivity contribution is 6.49. The van der Waals surface area contributed by atoms with E-state index in [1.165, 1.54) is 0 Å². The lowest BCUT2D eigenvalue weighted by molar-refractivity contribution is -0.725. The van der Waals surface area contributed by atoms with Gasteiger partial charge in [-0.3, -0.25) is 14.5 Å². The lowest BCUT2D eigenvalue weighted by Gasteiger charge is -2.12. The van der Waals surface area contributed by atoms with E-state index in [9.17, 15) is 4.79 Å². The van der Waals surface area contributed by atoms with Crippen LogP contribution in [-0.2, 0) is 25.5 Å². The van der Waals surface area contributed by atoms with Crippen molar-refractivity contribution in [1.29, 1.82) is 0 Å². The molecule has 9 nitrogen and oxygen atoms in total. The van der Waals surface area contributed by atoms with Crippen molar-refractivity contribution in [3.63, 3.8) is 0 Å². The number of carbonyl (C=O) groups excluding carboxylic acids is 1. The number of nitrogens with one attached hydrogen (secondary N) is 2. The van der Waals surface area contributed by atoms with Crippen LogP contribution < -0.4 is 20.5 Å². The number of hydrogen-bond acceptors (Lipinski definition) is 5. The third-order valence-electron chi connectivity index (χ3n) is 4.04. The molecule has 0 radical (unpaired) electrons. The first-order valence-electron chi connectivity index (χ1n) is 8.30. The molecule has 0 unspecified atom stereocenters. The van der Waals surface area contributed by atoms with Gasteiger partial charge in [0.15, 0.2) is 19.1 Å². The Morgan fingerprint density at radius 1 is 1.41 bits per heavy atom. The van der Waals surface area contributed by atoms with Gasteiger partial charge in [0, 0.05) is 31.5 Å². The molecule has 27 heavy (non-hydrogen) atoms. The highest BCUT2D eigenvalue weighted by atomic mass is 16.5. The van der Waals surface area contributed by atoms with Crippen molar-refractivity contribution in [3.8, 4) is 5.75 Å². The second-order valence-corrected chi connectivity index (χ2v) is 5.96. The number of rotatable bonds is 6. The first kappa shape index (κ1) is 18.2. The SMILES string of the molecule is CN=C(C(=O)Nc1cc[n+](C)[nH]1)c1cc(OCc2ccnn2C)ccc1N. The quantitative estimate of drug-likeness (QED) is 0.339. The molecule has 0 aliphatic carbocycles. The zero-order chi connectivity index (χ0) is 19.4. The first-order valence-corrected chi connectivity index (χ1v) is 8.30. The number of anilines is 2. The van der Waals surface area contributed by atoms with E-state index in [0.29, 0.717) is 29.4 Å². The normalized spacial score (nSPS) is 11.4. The van der Waals surface area contributed by atoms with Crippen molar-refractivity contribution in [2.75, 3.05) is 18.1 Å². The predicted molar refractivity (Wildman–Crippen MR) is 101 cm³/mol. The minimum Gasteiger partial charge on any atom is -0.487 e. The number of aromatic nitrogens is 4. The van der Waals surface area contributed by atoms with Crippen LogP contribution in [0.5, 0.6) is 5.75 Å². The van der Waals surface area contributed by atoms with Crippen LogP contribution in [0, 0.1) is 0 Å². The number of ether oxygens (including phenoxy) is 1. The predicted octanol–water partition coefficient (Wildman–Crippen LogP) is 0.791. The van der Waals surface area contributed by atoms with Crippen LogP contribution in [0.4, 0.5) is 11.5 Å². The summed E-state index contributed by atoms with van der Waals surface area (Å²) >= 11 is 0. The van der Waals surface area contributed by atoms with Crippen molar-refractivity contribution in [2.24, 2.45) is 19.1 Å². The molecule has 0 aliphatic heterocycles. The van der Waals surface area contributed by atoms with E-state index in [1.807, 2.05) is 20.2 Å². The number of nitrogens with two attached hydrogens (primary N) is 1. The van der Waals surface area contributed by atoms with Gasteiger partial charge in [-0.2, -0.15) is 5.10 Å². The molecule has 4 N–H and O–H groups in total. The molecule has 9 heteroatoms. The van der Waals surface area contributed by atoms with Gasteiger partial charge in [-0.15, -0.1) is 9.78 Å². The van der Waals surface area contributed by atoms with Crippen molar-refractivity contribution in [1.82, 2.24) is 14.9 Å². The number of aromatic amines is 1. The molecule has 0 saturated carbocycles. The number of nitrogens with zero attached hydrogens (tertiary/aromatic N) is 4. The molecule has 1 amide bonds. The summed E-state index contributed by atoms with van der Waals surface area (Å²) < 4.78 is 9.27. The second kappa shape index (κ2) is 7.73. The lowest BCUT2D eigenvalue weighted by atomic mass is 10.1. The van der Waals surface area contributed by atoms with Crippen molar-refractivity contribution >= 4 is 23.1 Å². The van der Waals surface area contributed by atoms with E-state index < -0.39 is 0 Å². The summed E-state index contributed by atoms with van der Waals surface area (Å²) in [6.45, 7) is 0.351. The summed E-state index contributed by atoms with van der Waals surface area (Å²) in [4.78, 5) is 16.7. The molecule has 0 aliphatic rings. The van der Waals surface area contributed by atoms with Crippen LogP contribution in [0.2, 0.25) is 0 Å². The van der Waals surface area contributed by atoms with E-state index in [0.717, 1.165) is 5.69 Å². The van der Waals surface area contributed by atoms with Crippen LogP contribution >= 0.6 is 0 Å². The maximum atomic E-state index is 12.6. The molecule has 0 fully saturated rings. The molecule has 140 valence electrons. The lowest BCUT2D eigenvalue weighted by Crippen LogP contribution is -2.30. The van der Waals surface area contributed by atoms with Crippen molar-refractivity contribution < 1.29 is 14.2 Å². The van der Waals surface area contributed by atoms with E-state index in [-0.39, 0.29) is 11.6 Å². The molecule has 0 bridgehead atoms. The second-order valence-electron chi connectivity index (χ2n) is 5.96. The maximum absolute atomic E-state index is 12.6. The van der Waals surface area contributed by atoms with Crippen LogP contribution in [0.25, 0.3) is 0 Å². The summed E-state index contributed by atoms with van der Waals surface area (Å²) in [5.74, 6) is 0.780. The average molecular weight is 368 g/mol. The summed E-state index contributed by atoms with van der Waals surface area (Å²) in [5, 5.41) is 9.84. The molecular weight excluding hydrogens is 346 g/mol. The van der Waals surface area contributed by atoms with Gasteiger partial charge in [0.1, 0.15) is 18.1 Å². The molecular formula is C18H22N7O2+. The van der Waals surface area contributed by atoms with Gasteiger partial charge < -0.3 is 15.8 Å². The van der Waals surface area contributed by atoms with Crippen LogP contribution in [-0.4, -0.2) is 33.5 Å². The number of hydrogen-bond donors (Lipinski definition) is 3. The van der Waals surface area contributed by atoms with E-state index in [4.69, 9.17) is 10.5 Å². The minimum absolute atomic E-state index is 0.218. The Morgan fingerprint density at radius 2 is 2.22 bits per heavy atom. The number of amides is 1. The number of aliphatic imine (C=N–C) groups is 1. The molecule has 0 spiro atoms.